The van der Waals surface area contributed by atoms with Gasteiger partial charge >= 0.3 is 12.0 Å². The van der Waals surface area contributed by atoms with Crippen LogP contribution in [0.25, 0.3) is 0 Å². The Labute approximate surface area is 118 Å². The number of piperidine rings is 1. The van der Waals surface area contributed by atoms with E-state index in [0.29, 0.717) is 26.1 Å². The molecule has 3 atom stereocenters. The number of carboxylic acid groups (broad SMARTS) is 1. The molecular weight excluding hydrogens is 260 g/mol. The fourth-order valence-electron chi connectivity index (χ4n) is 3.59. The van der Waals surface area contributed by atoms with E-state index in [-0.39, 0.29) is 18.2 Å². The fraction of sp³-hybridized carbons (Fsp3) is 0.857. The minimum Gasteiger partial charge on any atom is -0.480 e. The monoisotopic (exact) mass is 282 g/mol. The van der Waals surface area contributed by atoms with Crippen LogP contribution >= 0.6 is 0 Å². The van der Waals surface area contributed by atoms with Crippen LogP contribution in [0.5, 0.6) is 0 Å². The second kappa shape index (κ2) is 4.91. The van der Waals surface area contributed by atoms with E-state index in [1.807, 2.05) is 0 Å². The highest BCUT2D eigenvalue weighted by Gasteiger charge is 2.47. The molecule has 20 heavy (non-hydrogen) atoms. The van der Waals surface area contributed by atoms with Crippen LogP contribution in [0.2, 0.25) is 0 Å². The third kappa shape index (κ3) is 2.16. The summed E-state index contributed by atoms with van der Waals surface area (Å²) < 4.78 is 5.74. The summed E-state index contributed by atoms with van der Waals surface area (Å²) in [6.45, 7) is 3.40. The number of ether oxygens (including phenoxy) is 1. The van der Waals surface area contributed by atoms with Gasteiger partial charge in [0.05, 0.1) is 12.2 Å². The lowest BCUT2D eigenvalue weighted by molar-refractivity contribution is -0.151. The molecule has 0 spiro atoms. The van der Waals surface area contributed by atoms with Crippen LogP contribution < -0.4 is 0 Å². The van der Waals surface area contributed by atoms with E-state index >= 15 is 0 Å². The molecule has 0 radical (unpaired) electrons. The number of carboxylic acids is 1. The largest absolute Gasteiger partial charge is 0.480 e. The Bertz CT molecular complexity index is 415. The molecule has 0 aromatic carbocycles. The average Bonchev–Trinajstić information content (AvgIpc) is 2.77. The topological polar surface area (TPSA) is 70.1 Å². The first-order chi connectivity index (χ1) is 9.50. The lowest BCUT2D eigenvalue weighted by Crippen LogP contribution is -2.62. The Hall–Kier alpha value is -1.30. The molecule has 6 heteroatoms. The Kier molecular flexibility index (Phi) is 3.36. The first-order valence-electron chi connectivity index (χ1n) is 7.46. The van der Waals surface area contributed by atoms with Crippen LogP contribution in [0, 0.1) is 0 Å². The second-order valence-corrected chi connectivity index (χ2v) is 6.33. The van der Waals surface area contributed by atoms with Crippen LogP contribution in [-0.4, -0.2) is 64.3 Å². The smallest absolute Gasteiger partial charge is 0.329 e. The maximum absolute atomic E-state index is 12.7. The first kappa shape index (κ1) is 13.7. The fourth-order valence-corrected chi connectivity index (χ4v) is 3.59. The number of morpholine rings is 1. The van der Waals surface area contributed by atoms with Crippen molar-refractivity contribution >= 4 is 12.0 Å². The first-order valence-corrected chi connectivity index (χ1v) is 7.46. The predicted molar refractivity (Wildman–Crippen MR) is 71.5 cm³/mol. The van der Waals surface area contributed by atoms with Crippen molar-refractivity contribution in [3.63, 3.8) is 0 Å². The van der Waals surface area contributed by atoms with Crippen molar-refractivity contribution in [3.8, 4) is 0 Å². The van der Waals surface area contributed by atoms with Gasteiger partial charge in [0.25, 0.3) is 0 Å². The van der Waals surface area contributed by atoms with E-state index in [4.69, 9.17) is 4.74 Å². The van der Waals surface area contributed by atoms with Gasteiger partial charge in [0, 0.05) is 19.6 Å². The molecule has 0 saturated carbocycles. The van der Waals surface area contributed by atoms with Crippen LogP contribution in [0.15, 0.2) is 0 Å². The molecule has 0 aromatic heterocycles. The number of aliphatic carboxylic acids is 1. The van der Waals surface area contributed by atoms with Crippen molar-refractivity contribution in [1.82, 2.24) is 9.80 Å². The van der Waals surface area contributed by atoms with Crippen molar-refractivity contribution in [2.24, 2.45) is 0 Å². The predicted octanol–water partition coefficient (Wildman–Crippen LogP) is 1.30. The van der Waals surface area contributed by atoms with Gasteiger partial charge < -0.3 is 19.6 Å². The van der Waals surface area contributed by atoms with Gasteiger partial charge in [0.15, 0.2) is 0 Å². The third-order valence-electron chi connectivity index (χ3n) is 4.90. The zero-order valence-corrected chi connectivity index (χ0v) is 11.9. The van der Waals surface area contributed by atoms with Crippen molar-refractivity contribution < 1.29 is 19.4 Å². The molecule has 0 aliphatic carbocycles. The number of carbonyl (C=O) groups is 2. The van der Waals surface area contributed by atoms with E-state index in [1.54, 1.807) is 16.7 Å². The normalized spacial score (nSPS) is 37.0. The summed E-state index contributed by atoms with van der Waals surface area (Å²) in [7, 11) is 0. The molecule has 3 rings (SSSR count). The van der Waals surface area contributed by atoms with Crippen molar-refractivity contribution in [1.29, 1.82) is 0 Å². The highest BCUT2D eigenvalue weighted by atomic mass is 16.5. The Morgan fingerprint density at radius 1 is 1.20 bits per heavy atom. The molecule has 1 N–H and O–H groups in total. The summed E-state index contributed by atoms with van der Waals surface area (Å²) in [5.74, 6) is -0.901. The van der Waals surface area contributed by atoms with Crippen molar-refractivity contribution in [2.75, 3.05) is 19.6 Å². The summed E-state index contributed by atoms with van der Waals surface area (Å²) in [6, 6.07) is -0.130. The highest BCUT2D eigenvalue weighted by Crippen LogP contribution is 2.32. The van der Waals surface area contributed by atoms with Crippen LogP contribution in [0.3, 0.4) is 0 Å². The Morgan fingerprint density at radius 3 is 2.45 bits per heavy atom. The molecule has 3 heterocycles. The zero-order valence-electron chi connectivity index (χ0n) is 11.9. The molecular formula is C14H22N2O4. The number of hydrogen-bond donors (Lipinski definition) is 1. The highest BCUT2D eigenvalue weighted by molar-refractivity contribution is 5.86. The Balaban J connectivity index is 1.76. The third-order valence-corrected chi connectivity index (χ3v) is 4.90. The standard InChI is InChI=1S/C14H22N2O4/c1-14(12(17)18)6-2-3-7-16(14)13(19)15-8-10-4-5-11(9-15)20-10/h10-11H,2-9H2,1H3,(H,17,18). The van der Waals surface area contributed by atoms with Crippen LogP contribution in [0.1, 0.15) is 39.0 Å². The number of likely N-dealkylation sites (tertiary alicyclic amines) is 2. The molecule has 3 fully saturated rings. The number of amides is 2. The number of hydrogen-bond acceptors (Lipinski definition) is 3. The molecule has 0 aromatic rings. The van der Waals surface area contributed by atoms with Gasteiger partial charge in [-0.3, -0.25) is 0 Å². The van der Waals surface area contributed by atoms with E-state index in [1.165, 1.54) is 0 Å². The molecule has 2 amide bonds. The van der Waals surface area contributed by atoms with E-state index in [9.17, 15) is 14.7 Å². The molecule has 3 saturated heterocycles. The van der Waals surface area contributed by atoms with Crippen LogP contribution in [-0.2, 0) is 9.53 Å². The van der Waals surface area contributed by atoms with Gasteiger partial charge in [-0.2, -0.15) is 0 Å². The Morgan fingerprint density at radius 2 is 1.85 bits per heavy atom. The van der Waals surface area contributed by atoms with Gasteiger partial charge in [0.2, 0.25) is 0 Å². The summed E-state index contributed by atoms with van der Waals surface area (Å²) >= 11 is 0. The summed E-state index contributed by atoms with van der Waals surface area (Å²) in [6.07, 6.45) is 4.56. The van der Waals surface area contributed by atoms with Gasteiger partial charge in [-0.05, 0) is 39.0 Å². The summed E-state index contributed by atoms with van der Waals surface area (Å²) in [5, 5.41) is 9.49. The number of rotatable bonds is 1. The number of carbonyl (C=O) groups excluding carboxylic acids is 1. The van der Waals surface area contributed by atoms with E-state index in [2.05, 4.69) is 0 Å². The maximum atomic E-state index is 12.7. The second-order valence-electron chi connectivity index (χ2n) is 6.33. The molecule has 6 nitrogen and oxygen atoms in total. The molecule has 3 aliphatic rings. The summed E-state index contributed by atoms with van der Waals surface area (Å²) in [5.41, 5.74) is -1.06. The summed E-state index contributed by atoms with van der Waals surface area (Å²) in [4.78, 5) is 27.7. The van der Waals surface area contributed by atoms with Crippen LogP contribution in [0.4, 0.5) is 4.79 Å². The maximum Gasteiger partial charge on any atom is 0.329 e. The van der Waals surface area contributed by atoms with Gasteiger partial charge in [-0.15, -0.1) is 0 Å². The van der Waals surface area contributed by atoms with Gasteiger partial charge in [-0.25, -0.2) is 9.59 Å². The number of nitrogens with zero attached hydrogens (tertiary/aromatic N) is 2. The minimum atomic E-state index is -1.06. The quantitative estimate of drug-likeness (QED) is 0.787. The lowest BCUT2D eigenvalue weighted by atomic mass is 9.89. The van der Waals surface area contributed by atoms with Crippen molar-refractivity contribution in [3.05, 3.63) is 0 Å². The zero-order chi connectivity index (χ0) is 14.3. The SMILES string of the molecule is CC1(C(=O)O)CCCCN1C(=O)N1CC2CCC(C1)O2. The van der Waals surface area contributed by atoms with Gasteiger partial charge in [-0.1, -0.05) is 0 Å². The van der Waals surface area contributed by atoms with Crippen molar-refractivity contribution in [2.45, 2.75) is 56.8 Å². The molecule has 3 aliphatic heterocycles. The molecule has 3 unspecified atom stereocenters. The minimum absolute atomic E-state index is 0.130. The number of fused-ring (bicyclic) bond motifs is 2. The lowest BCUT2D eigenvalue weighted by Gasteiger charge is -2.45. The van der Waals surface area contributed by atoms with E-state index in [0.717, 1.165) is 25.7 Å². The molecule has 112 valence electrons. The average molecular weight is 282 g/mol. The number of urea groups is 1. The van der Waals surface area contributed by atoms with Gasteiger partial charge in [0.1, 0.15) is 5.54 Å². The molecule has 2 bridgehead atoms. The van der Waals surface area contributed by atoms with E-state index < -0.39 is 11.5 Å².